The summed E-state index contributed by atoms with van der Waals surface area (Å²) in [6, 6.07) is 8.97. The SMILES string of the molecule is CCNC(Cc1ccc(I)cc1)c1cnns1. The molecule has 1 unspecified atom stereocenters. The second-order valence-electron chi connectivity index (χ2n) is 3.76. The Morgan fingerprint density at radius 1 is 1.35 bits per heavy atom. The number of hydrogen-bond donors (Lipinski definition) is 1. The minimum atomic E-state index is 0.320. The summed E-state index contributed by atoms with van der Waals surface area (Å²) in [4.78, 5) is 1.20. The Balaban J connectivity index is 2.10. The van der Waals surface area contributed by atoms with Crippen LogP contribution >= 0.6 is 34.1 Å². The fourth-order valence-electron chi connectivity index (χ4n) is 1.70. The van der Waals surface area contributed by atoms with Crippen molar-refractivity contribution in [3.63, 3.8) is 0 Å². The summed E-state index contributed by atoms with van der Waals surface area (Å²) >= 11 is 3.79. The molecule has 0 amide bonds. The van der Waals surface area contributed by atoms with Crippen LogP contribution in [0.3, 0.4) is 0 Å². The van der Waals surface area contributed by atoms with E-state index < -0.39 is 0 Å². The highest BCUT2D eigenvalue weighted by atomic mass is 127. The van der Waals surface area contributed by atoms with Crippen molar-refractivity contribution in [2.75, 3.05) is 6.54 Å². The molecule has 17 heavy (non-hydrogen) atoms. The Morgan fingerprint density at radius 2 is 2.12 bits per heavy atom. The molecule has 1 N–H and O–H groups in total. The minimum Gasteiger partial charge on any atom is -0.309 e. The maximum Gasteiger partial charge on any atom is 0.0669 e. The fraction of sp³-hybridized carbons (Fsp3) is 0.333. The molecule has 1 atom stereocenters. The molecule has 1 aromatic carbocycles. The van der Waals surface area contributed by atoms with Gasteiger partial charge in [-0.3, -0.25) is 0 Å². The summed E-state index contributed by atoms with van der Waals surface area (Å²) in [5.74, 6) is 0. The zero-order valence-electron chi connectivity index (χ0n) is 9.56. The lowest BCUT2D eigenvalue weighted by molar-refractivity contribution is 0.557. The number of likely N-dealkylation sites (N-methyl/N-ethyl adjacent to an activating group) is 1. The molecular weight excluding hydrogens is 345 g/mol. The maximum absolute atomic E-state index is 3.93. The largest absolute Gasteiger partial charge is 0.309 e. The van der Waals surface area contributed by atoms with Gasteiger partial charge in [-0.2, -0.15) is 0 Å². The van der Waals surface area contributed by atoms with Gasteiger partial charge in [0, 0.05) is 9.61 Å². The molecule has 3 nitrogen and oxygen atoms in total. The molecule has 0 aliphatic heterocycles. The lowest BCUT2D eigenvalue weighted by Crippen LogP contribution is -2.22. The van der Waals surface area contributed by atoms with Gasteiger partial charge < -0.3 is 5.32 Å². The maximum atomic E-state index is 3.93. The quantitative estimate of drug-likeness (QED) is 0.834. The monoisotopic (exact) mass is 359 g/mol. The minimum absolute atomic E-state index is 0.320. The Hall–Kier alpha value is -0.530. The third-order valence-corrected chi connectivity index (χ3v) is 4.02. The first-order valence-electron chi connectivity index (χ1n) is 5.54. The Bertz CT molecular complexity index is 441. The number of benzene rings is 1. The second kappa shape index (κ2) is 6.42. The van der Waals surface area contributed by atoms with Gasteiger partial charge >= 0.3 is 0 Å². The molecule has 2 aromatic rings. The average Bonchev–Trinajstić information content (AvgIpc) is 2.85. The summed E-state index contributed by atoms with van der Waals surface area (Å²) in [6.07, 6.45) is 2.83. The molecule has 90 valence electrons. The molecule has 0 saturated heterocycles. The number of nitrogens with zero attached hydrogens (tertiary/aromatic N) is 2. The molecule has 1 aromatic heterocycles. The van der Waals surface area contributed by atoms with Crippen molar-refractivity contribution in [1.82, 2.24) is 14.9 Å². The van der Waals surface area contributed by atoms with E-state index in [9.17, 15) is 0 Å². The van der Waals surface area contributed by atoms with Gasteiger partial charge in [0.05, 0.1) is 11.1 Å². The van der Waals surface area contributed by atoms with Gasteiger partial charge in [-0.25, -0.2) is 0 Å². The second-order valence-corrected chi connectivity index (χ2v) is 5.82. The highest BCUT2D eigenvalue weighted by Gasteiger charge is 2.13. The summed E-state index contributed by atoms with van der Waals surface area (Å²) < 4.78 is 5.20. The Morgan fingerprint density at radius 3 is 2.71 bits per heavy atom. The lowest BCUT2D eigenvalue weighted by atomic mass is 10.1. The van der Waals surface area contributed by atoms with Crippen molar-refractivity contribution < 1.29 is 0 Å². The standard InChI is InChI=1S/C12H14IN3S/c1-2-14-11(12-8-15-16-17-12)7-9-3-5-10(13)6-4-9/h3-6,8,11,14H,2,7H2,1H3. The molecule has 0 radical (unpaired) electrons. The van der Waals surface area contributed by atoms with Crippen molar-refractivity contribution in [2.24, 2.45) is 0 Å². The summed E-state index contributed by atoms with van der Waals surface area (Å²) in [5, 5.41) is 7.39. The van der Waals surface area contributed by atoms with Gasteiger partial charge in [-0.05, 0) is 64.8 Å². The zero-order chi connectivity index (χ0) is 12.1. The van der Waals surface area contributed by atoms with Crippen LogP contribution in [0.15, 0.2) is 30.5 Å². The topological polar surface area (TPSA) is 37.8 Å². The summed E-state index contributed by atoms with van der Waals surface area (Å²) in [6.45, 7) is 3.07. The van der Waals surface area contributed by atoms with Crippen LogP contribution in [-0.2, 0) is 6.42 Å². The third-order valence-electron chi connectivity index (χ3n) is 2.53. The van der Waals surface area contributed by atoms with Gasteiger partial charge in [-0.1, -0.05) is 23.5 Å². The van der Waals surface area contributed by atoms with Crippen LogP contribution in [0.1, 0.15) is 23.4 Å². The van der Waals surface area contributed by atoms with Crippen LogP contribution in [0.25, 0.3) is 0 Å². The molecule has 5 heteroatoms. The first-order valence-corrected chi connectivity index (χ1v) is 7.40. The fourth-order valence-corrected chi connectivity index (χ4v) is 2.64. The molecule has 0 saturated carbocycles. The van der Waals surface area contributed by atoms with E-state index in [2.05, 4.69) is 68.7 Å². The average molecular weight is 359 g/mol. The molecule has 0 fully saturated rings. The smallest absolute Gasteiger partial charge is 0.0669 e. The van der Waals surface area contributed by atoms with E-state index in [-0.39, 0.29) is 0 Å². The van der Waals surface area contributed by atoms with Gasteiger partial charge in [0.1, 0.15) is 0 Å². The van der Waals surface area contributed by atoms with E-state index in [1.807, 2.05) is 6.20 Å². The molecule has 0 aliphatic carbocycles. The molecular formula is C12H14IN3S. The van der Waals surface area contributed by atoms with Crippen molar-refractivity contribution in [1.29, 1.82) is 0 Å². The normalized spacial score (nSPS) is 12.6. The molecule has 1 heterocycles. The summed E-state index contributed by atoms with van der Waals surface area (Å²) in [7, 11) is 0. The van der Waals surface area contributed by atoms with Crippen molar-refractivity contribution in [2.45, 2.75) is 19.4 Å². The van der Waals surface area contributed by atoms with E-state index in [0.717, 1.165) is 13.0 Å². The van der Waals surface area contributed by atoms with Crippen LogP contribution in [0, 0.1) is 3.57 Å². The molecule has 0 spiro atoms. The van der Waals surface area contributed by atoms with E-state index in [4.69, 9.17) is 0 Å². The highest BCUT2D eigenvalue weighted by Crippen LogP contribution is 2.20. The predicted molar refractivity (Wildman–Crippen MR) is 79.2 cm³/mol. The van der Waals surface area contributed by atoms with Crippen LogP contribution in [-0.4, -0.2) is 16.1 Å². The first kappa shape index (κ1) is 12.9. The molecule has 2 rings (SSSR count). The van der Waals surface area contributed by atoms with Gasteiger partial charge in [-0.15, -0.1) is 5.10 Å². The third kappa shape index (κ3) is 3.72. The van der Waals surface area contributed by atoms with Crippen LogP contribution in [0.5, 0.6) is 0 Å². The van der Waals surface area contributed by atoms with Crippen LogP contribution in [0.4, 0.5) is 0 Å². The van der Waals surface area contributed by atoms with Crippen molar-refractivity contribution in [3.05, 3.63) is 44.5 Å². The number of rotatable bonds is 5. The number of nitrogens with one attached hydrogen (secondary N) is 1. The van der Waals surface area contributed by atoms with Crippen molar-refractivity contribution in [3.8, 4) is 0 Å². The van der Waals surface area contributed by atoms with Gasteiger partial charge in [0.15, 0.2) is 0 Å². The highest BCUT2D eigenvalue weighted by molar-refractivity contribution is 14.1. The van der Waals surface area contributed by atoms with Gasteiger partial charge in [0.2, 0.25) is 0 Å². The predicted octanol–water partition coefficient (Wildman–Crippen LogP) is 3.04. The lowest BCUT2D eigenvalue weighted by Gasteiger charge is -2.15. The van der Waals surface area contributed by atoms with E-state index in [0.29, 0.717) is 6.04 Å². The number of aromatic nitrogens is 2. The first-order chi connectivity index (χ1) is 8.29. The zero-order valence-corrected chi connectivity index (χ0v) is 12.5. The number of hydrogen-bond acceptors (Lipinski definition) is 4. The van der Waals surface area contributed by atoms with E-state index >= 15 is 0 Å². The van der Waals surface area contributed by atoms with E-state index in [1.54, 1.807) is 0 Å². The summed E-state index contributed by atoms with van der Waals surface area (Å²) in [5.41, 5.74) is 1.34. The number of halogens is 1. The van der Waals surface area contributed by atoms with E-state index in [1.165, 1.54) is 25.5 Å². The molecule has 0 aliphatic rings. The Kier molecular flexibility index (Phi) is 4.87. The van der Waals surface area contributed by atoms with Crippen LogP contribution < -0.4 is 5.32 Å². The molecule has 0 bridgehead atoms. The Labute approximate surface area is 119 Å². The van der Waals surface area contributed by atoms with Crippen molar-refractivity contribution >= 4 is 34.1 Å². The van der Waals surface area contributed by atoms with Crippen LogP contribution in [0.2, 0.25) is 0 Å². The van der Waals surface area contributed by atoms with Gasteiger partial charge in [0.25, 0.3) is 0 Å².